The van der Waals surface area contributed by atoms with E-state index in [1.165, 1.54) is 11.3 Å². The number of anilines is 1. The van der Waals surface area contributed by atoms with Crippen molar-refractivity contribution in [3.05, 3.63) is 29.8 Å². The first-order chi connectivity index (χ1) is 12.7. The van der Waals surface area contributed by atoms with E-state index in [0.29, 0.717) is 5.91 Å². The second-order valence-electron chi connectivity index (χ2n) is 8.89. The Hall–Kier alpha value is -1.20. The maximum absolute atomic E-state index is 12.6. The number of hydrogen-bond acceptors (Lipinski definition) is 4. The summed E-state index contributed by atoms with van der Waals surface area (Å²) in [5.41, 5.74) is 2.68. The number of aryl methyl sites for hydroxylation is 1. The summed E-state index contributed by atoms with van der Waals surface area (Å²) in [6.07, 6.45) is 2.25. The van der Waals surface area contributed by atoms with E-state index in [0.717, 1.165) is 52.1 Å². The summed E-state index contributed by atoms with van der Waals surface area (Å²) in [6, 6.07) is 8.81. The maximum atomic E-state index is 12.6. The third-order valence-electron chi connectivity index (χ3n) is 5.76. The standard InChI is InChI=1S/C22H35N3OS/c1-18-9-8-10-19(17-18)24-15-13-23(14-16-24)11-6-7-12-25-20(26)21(2,3)27-22(25,4)5/h8-10,17H,6-7,11-16H2,1-5H3. The summed E-state index contributed by atoms with van der Waals surface area (Å²) >= 11 is 1.79. The Morgan fingerprint density at radius 1 is 1.00 bits per heavy atom. The van der Waals surface area contributed by atoms with Gasteiger partial charge in [0.25, 0.3) is 0 Å². The number of unbranched alkanes of at least 4 members (excludes halogenated alkanes) is 1. The number of piperazine rings is 1. The van der Waals surface area contributed by atoms with Crippen LogP contribution in [0.2, 0.25) is 0 Å². The first-order valence-corrected chi connectivity index (χ1v) is 11.1. The van der Waals surface area contributed by atoms with Crippen molar-refractivity contribution in [2.45, 2.75) is 57.1 Å². The molecule has 0 atom stereocenters. The van der Waals surface area contributed by atoms with Gasteiger partial charge in [-0.15, -0.1) is 11.8 Å². The minimum absolute atomic E-state index is 0.0833. The summed E-state index contributed by atoms with van der Waals surface area (Å²) in [6.45, 7) is 17.1. The smallest absolute Gasteiger partial charge is 0.239 e. The number of amides is 1. The molecule has 1 aromatic rings. The Morgan fingerprint density at radius 3 is 2.26 bits per heavy atom. The molecule has 5 heteroatoms. The predicted octanol–water partition coefficient (Wildman–Crippen LogP) is 3.99. The van der Waals surface area contributed by atoms with E-state index in [-0.39, 0.29) is 9.62 Å². The minimum Gasteiger partial charge on any atom is -0.369 e. The minimum atomic E-state index is -0.282. The highest BCUT2D eigenvalue weighted by Gasteiger charge is 2.50. The summed E-state index contributed by atoms with van der Waals surface area (Å²) in [7, 11) is 0. The van der Waals surface area contributed by atoms with E-state index in [1.54, 1.807) is 11.8 Å². The van der Waals surface area contributed by atoms with E-state index < -0.39 is 0 Å². The molecule has 0 bridgehead atoms. The molecule has 0 N–H and O–H groups in total. The molecule has 0 aromatic heterocycles. The molecule has 0 saturated carbocycles. The largest absolute Gasteiger partial charge is 0.369 e. The van der Waals surface area contributed by atoms with Crippen LogP contribution in [0.4, 0.5) is 5.69 Å². The molecule has 1 amide bonds. The molecular weight excluding hydrogens is 354 g/mol. The zero-order chi connectivity index (χ0) is 19.7. The first-order valence-electron chi connectivity index (χ1n) is 10.3. The zero-order valence-electron chi connectivity index (χ0n) is 17.6. The molecular formula is C22H35N3OS. The molecule has 0 aliphatic carbocycles. The summed E-state index contributed by atoms with van der Waals surface area (Å²) in [4.78, 5) is 19.7. The van der Waals surface area contributed by atoms with E-state index >= 15 is 0 Å². The first kappa shape index (κ1) is 20.5. The molecule has 150 valence electrons. The molecule has 3 rings (SSSR count). The number of benzene rings is 1. The average Bonchev–Trinajstić information content (AvgIpc) is 2.76. The van der Waals surface area contributed by atoms with Crippen LogP contribution >= 0.6 is 11.8 Å². The van der Waals surface area contributed by atoms with E-state index in [4.69, 9.17) is 0 Å². The number of hydrogen-bond donors (Lipinski definition) is 0. The number of thioether (sulfide) groups is 1. The zero-order valence-corrected chi connectivity index (χ0v) is 18.4. The topological polar surface area (TPSA) is 26.8 Å². The third-order valence-corrected chi connectivity index (χ3v) is 7.17. The van der Waals surface area contributed by atoms with Crippen molar-refractivity contribution in [3.63, 3.8) is 0 Å². The van der Waals surface area contributed by atoms with Gasteiger partial charge in [-0.05, 0) is 71.7 Å². The fraction of sp³-hybridized carbons (Fsp3) is 0.682. The van der Waals surface area contributed by atoms with Crippen molar-refractivity contribution in [1.29, 1.82) is 0 Å². The Bertz CT molecular complexity index is 665. The maximum Gasteiger partial charge on any atom is 0.239 e. The van der Waals surface area contributed by atoms with Crippen LogP contribution in [0.15, 0.2) is 24.3 Å². The Balaban J connectivity index is 1.39. The molecule has 27 heavy (non-hydrogen) atoms. The Morgan fingerprint density at radius 2 is 1.67 bits per heavy atom. The molecule has 0 radical (unpaired) electrons. The summed E-state index contributed by atoms with van der Waals surface area (Å²) in [5, 5.41) is 0. The molecule has 2 heterocycles. The quantitative estimate of drug-likeness (QED) is 0.688. The van der Waals surface area contributed by atoms with Crippen LogP contribution in [0.3, 0.4) is 0 Å². The van der Waals surface area contributed by atoms with Crippen LogP contribution < -0.4 is 4.90 Å². The molecule has 2 aliphatic heterocycles. The fourth-order valence-electron chi connectivity index (χ4n) is 4.32. The highest BCUT2D eigenvalue weighted by molar-refractivity contribution is 8.03. The molecule has 2 aliphatic rings. The lowest BCUT2D eigenvalue weighted by atomic mass is 10.1. The van der Waals surface area contributed by atoms with Crippen LogP contribution in [0.1, 0.15) is 46.1 Å². The molecule has 2 fully saturated rings. The predicted molar refractivity (Wildman–Crippen MR) is 117 cm³/mol. The highest BCUT2D eigenvalue weighted by atomic mass is 32.2. The fourth-order valence-corrected chi connectivity index (χ4v) is 6.05. The van der Waals surface area contributed by atoms with Gasteiger partial charge in [0.2, 0.25) is 5.91 Å². The van der Waals surface area contributed by atoms with E-state index in [9.17, 15) is 4.79 Å². The number of carbonyl (C=O) groups excluding carboxylic acids is 1. The van der Waals surface area contributed by atoms with Crippen LogP contribution in [-0.2, 0) is 4.79 Å². The lowest BCUT2D eigenvalue weighted by Crippen LogP contribution is -2.47. The molecule has 2 saturated heterocycles. The van der Waals surface area contributed by atoms with Crippen LogP contribution in [-0.4, -0.2) is 64.6 Å². The normalized spacial score (nSPS) is 22.5. The Kier molecular flexibility index (Phi) is 6.11. The molecule has 0 unspecified atom stereocenters. The van der Waals surface area contributed by atoms with Gasteiger partial charge >= 0.3 is 0 Å². The molecule has 4 nitrogen and oxygen atoms in total. The second-order valence-corrected chi connectivity index (χ2v) is 11.1. The van der Waals surface area contributed by atoms with Crippen LogP contribution in [0.25, 0.3) is 0 Å². The van der Waals surface area contributed by atoms with E-state index in [2.05, 4.69) is 73.6 Å². The van der Waals surface area contributed by atoms with Gasteiger partial charge in [0.05, 0.1) is 9.62 Å². The number of rotatable bonds is 6. The number of nitrogens with zero attached hydrogens (tertiary/aromatic N) is 3. The SMILES string of the molecule is Cc1cccc(N2CCN(CCCCN3C(=O)C(C)(C)SC3(C)C)CC2)c1. The van der Waals surface area contributed by atoms with Gasteiger partial charge in [0, 0.05) is 38.4 Å². The van der Waals surface area contributed by atoms with Crippen LogP contribution in [0.5, 0.6) is 0 Å². The van der Waals surface area contributed by atoms with Gasteiger partial charge in [-0.2, -0.15) is 0 Å². The van der Waals surface area contributed by atoms with Crippen molar-refractivity contribution in [1.82, 2.24) is 9.80 Å². The Labute approximate surface area is 169 Å². The summed E-state index contributed by atoms with van der Waals surface area (Å²) < 4.78 is -0.282. The summed E-state index contributed by atoms with van der Waals surface area (Å²) in [5.74, 6) is 0.296. The molecule has 0 spiro atoms. The van der Waals surface area contributed by atoms with Gasteiger partial charge in [-0.1, -0.05) is 12.1 Å². The van der Waals surface area contributed by atoms with Crippen molar-refractivity contribution < 1.29 is 4.79 Å². The second kappa shape index (κ2) is 8.04. The van der Waals surface area contributed by atoms with Crippen molar-refractivity contribution in [2.24, 2.45) is 0 Å². The van der Waals surface area contributed by atoms with Gasteiger partial charge in [-0.3, -0.25) is 9.69 Å². The monoisotopic (exact) mass is 389 g/mol. The van der Waals surface area contributed by atoms with Crippen molar-refractivity contribution in [3.8, 4) is 0 Å². The lowest BCUT2D eigenvalue weighted by Gasteiger charge is -2.36. The average molecular weight is 390 g/mol. The van der Waals surface area contributed by atoms with Gasteiger partial charge < -0.3 is 9.80 Å². The van der Waals surface area contributed by atoms with Crippen LogP contribution in [0, 0.1) is 6.92 Å². The third kappa shape index (κ3) is 4.80. The van der Waals surface area contributed by atoms with E-state index in [1.807, 2.05) is 0 Å². The lowest BCUT2D eigenvalue weighted by molar-refractivity contribution is -0.133. The van der Waals surface area contributed by atoms with Crippen molar-refractivity contribution in [2.75, 3.05) is 44.2 Å². The van der Waals surface area contributed by atoms with Gasteiger partial charge in [0.1, 0.15) is 0 Å². The van der Waals surface area contributed by atoms with Crippen molar-refractivity contribution >= 4 is 23.4 Å². The molecule has 1 aromatic carbocycles. The van der Waals surface area contributed by atoms with Gasteiger partial charge in [-0.25, -0.2) is 0 Å². The van der Waals surface area contributed by atoms with Gasteiger partial charge in [0.15, 0.2) is 0 Å². The number of carbonyl (C=O) groups is 1. The highest BCUT2D eigenvalue weighted by Crippen LogP contribution is 2.47.